The number of amides is 1. The molecule has 2 aromatic carbocycles. The third kappa shape index (κ3) is 4.61. The fraction of sp³-hybridized carbons (Fsp3) is 0.409. The number of ether oxygens (including phenoxy) is 1. The number of likely N-dealkylation sites (N-methyl/N-ethyl adjacent to an activating group) is 1. The first-order valence-electron chi connectivity index (χ1n) is 9.51. The Labute approximate surface area is 162 Å². The summed E-state index contributed by atoms with van der Waals surface area (Å²) in [6, 6.07) is 16.1. The second-order valence-corrected chi connectivity index (χ2v) is 7.14. The highest BCUT2D eigenvalue weighted by molar-refractivity contribution is 5.98. The first kappa shape index (κ1) is 19.2. The van der Waals surface area contributed by atoms with E-state index in [4.69, 9.17) is 4.74 Å². The second-order valence-electron chi connectivity index (χ2n) is 7.14. The van der Waals surface area contributed by atoms with Gasteiger partial charge >= 0.3 is 0 Å². The third-order valence-corrected chi connectivity index (χ3v) is 5.03. The van der Waals surface area contributed by atoms with E-state index >= 15 is 0 Å². The van der Waals surface area contributed by atoms with Gasteiger partial charge in [0.05, 0.1) is 18.5 Å². The molecule has 0 bridgehead atoms. The summed E-state index contributed by atoms with van der Waals surface area (Å²) in [7, 11) is 5.84. The predicted octanol–water partition coefficient (Wildman–Crippen LogP) is 3.04. The van der Waals surface area contributed by atoms with Crippen molar-refractivity contribution < 1.29 is 9.53 Å². The van der Waals surface area contributed by atoms with Gasteiger partial charge in [0.15, 0.2) is 0 Å². The highest BCUT2D eigenvalue weighted by Gasteiger charge is 2.26. The molecule has 1 aliphatic rings. The molecule has 0 N–H and O–H groups in total. The molecule has 0 aromatic heterocycles. The number of rotatable bonds is 7. The number of nitrogens with zero attached hydrogens (tertiary/aromatic N) is 3. The fourth-order valence-corrected chi connectivity index (χ4v) is 3.52. The SMILES string of the molecule is COc1ccccc1CCC(=O)N1CCN(CCN(C)C)c2ccccc21. The molecular formula is C22H29N3O2. The van der Waals surface area contributed by atoms with Gasteiger partial charge in [0.25, 0.3) is 0 Å². The number of carbonyl (C=O) groups excluding carboxylic acids is 1. The van der Waals surface area contributed by atoms with E-state index in [1.165, 1.54) is 0 Å². The molecule has 0 fully saturated rings. The average Bonchev–Trinajstić information content (AvgIpc) is 2.70. The molecule has 0 radical (unpaired) electrons. The van der Waals surface area contributed by atoms with E-state index in [2.05, 4.69) is 36.0 Å². The zero-order chi connectivity index (χ0) is 19.2. The van der Waals surface area contributed by atoms with Crippen molar-refractivity contribution in [1.29, 1.82) is 0 Å². The molecule has 2 aromatic rings. The van der Waals surface area contributed by atoms with Crippen molar-refractivity contribution in [1.82, 2.24) is 4.90 Å². The van der Waals surface area contributed by atoms with E-state index in [-0.39, 0.29) is 5.91 Å². The number of hydrogen-bond donors (Lipinski definition) is 0. The van der Waals surface area contributed by atoms with Crippen LogP contribution in [0.2, 0.25) is 0 Å². The molecule has 0 saturated heterocycles. The van der Waals surface area contributed by atoms with Crippen LogP contribution in [0.25, 0.3) is 0 Å². The minimum Gasteiger partial charge on any atom is -0.496 e. The summed E-state index contributed by atoms with van der Waals surface area (Å²) in [4.78, 5) is 19.5. The van der Waals surface area contributed by atoms with Crippen molar-refractivity contribution in [3.8, 4) is 5.75 Å². The number of carbonyl (C=O) groups is 1. The summed E-state index contributed by atoms with van der Waals surface area (Å²) in [5.74, 6) is 1.01. The van der Waals surface area contributed by atoms with Gasteiger partial charge in [-0.05, 0) is 44.3 Å². The smallest absolute Gasteiger partial charge is 0.227 e. The van der Waals surface area contributed by atoms with Crippen molar-refractivity contribution in [2.24, 2.45) is 0 Å². The van der Waals surface area contributed by atoms with Crippen LogP contribution in [-0.4, -0.2) is 58.2 Å². The van der Waals surface area contributed by atoms with Crippen LogP contribution in [0.1, 0.15) is 12.0 Å². The molecule has 27 heavy (non-hydrogen) atoms. The minimum atomic E-state index is 0.167. The maximum atomic E-state index is 13.0. The molecule has 1 heterocycles. The molecule has 5 nitrogen and oxygen atoms in total. The van der Waals surface area contributed by atoms with E-state index in [1.807, 2.05) is 41.3 Å². The van der Waals surface area contributed by atoms with Crippen LogP contribution < -0.4 is 14.5 Å². The number of aryl methyl sites for hydroxylation is 1. The third-order valence-electron chi connectivity index (χ3n) is 5.03. The molecule has 0 saturated carbocycles. The van der Waals surface area contributed by atoms with Crippen LogP contribution in [-0.2, 0) is 11.2 Å². The summed E-state index contributed by atoms with van der Waals surface area (Å²) >= 11 is 0. The Morgan fingerprint density at radius 1 is 1.04 bits per heavy atom. The Hall–Kier alpha value is -2.53. The van der Waals surface area contributed by atoms with Crippen LogP contribution in [0.5, 0.6) is 5.75 Å². The minimum absolute atomic E-state index is 0.167. The number of para-hydroxylation sites is 3. The van der Waals surface area contributed by atoms with Gasteiger partial charge in [-0.25, -0.2) is 0 Å². The number of fused-ring (bicyclic) bond motifs is 1. The summed E-state index contributed by atoms with van der Waals surface area (Å²) in [6.07, 6.45) is 1.16. The van der Waals surface area contributed by atoms with Crippen molar-refractivity contribution in [3.05, 3.63) is 54.1 Å². The van der Waals surface area contributed by atoms with Crippen LogP contribution in [0.4, 0.5) is 11.4 Å². The van der Waals surface area contributed by atoms with Crippen molar-refractivity contribution in [2.75, 3.05) is 57.2 Å². The molecule has 0 aliphatic carbocycles. The standard InChI is InChI=1S/C22H29N3O2/c1-23(2)14-15-24-16-17-25(20-10-6-5-9-19(20)24)22(26)13-12-18-8-4-7-11-21(18)27-3/h4-11H,12-17H2,1-3H3. The van der Waals surface area contributed by atoms with Gasteiger partial charge in [0.2, 0.25) is 5.91 Å². The van der Waals surface area contributed by atoms with E-state index in [0.717, 1.165) is 48.9 Å². The topological polar surface area (TPSA) is 36.0 Å². The highest BCUT2D eigenvalue weighted by Crippen LogP contribution is 2.33. The summed E-state index contributed by atoms with van der Waals surface area (Å²) in [6.45, 7) is 3.56. The quantitative estimate of drug-likeness (QED) is 0.754. The first-order chi connectivity index (χ1) is 13.1. The molecule has 1 aliphatic heterocycles. The van der Waals surface area contributed by atoms with Crippen molar-refractivity contribution in [3.63, 3.8) is 0 Å². The van der Waals surface area contributed by atoms with E-state index in [9.17, 15) is 4.79 Å². The Morgan fingerprint density at radius 2 is 1.74 bits per heavy atom. The van der Waals surface area contributed by atoms with Crippen LogP contribution in [0.15, 0.2) is 48.5 Å². The molecule has 3 rings (SSSR count). The van der Waals surface area contributed by atoms with Crippen LogP contribution >= 0.6 is 0 Å². The lowest BCUT2D eigenvalue weighted by Crippen LogP contribution is -2.46. The van der Waals surface area contributed by atoms with Gasteiger partial charge in [-0.2, -0.15) is 0 Å². The Morgan fingerprint density at radius 3 is 2.48 bits per heavy atom. The predicted molar refractivity (Wildman–Crippen MR) is 111 cm³/mol. The monoisotopic (exact) mass is 367 g/mol. The van der Waals surface area contributed by atoms with E-state index in [1.54, 1.807) is 7.11 Å². The Balaban J connectivity index is 1.70. The zero-order valence-electron chi connectivity index (χ0n) is 16.5. The molecule has 1 amide bonds. The largest absolute Gasteiger partial charge is 0.496 e. The Kier molecular flexibility index (Phi) is 6.35. The fourth-order valence-electron chi connectivity index (χ4n) is 3.52. The highest BCUT2D eigenvalue weighted by atomic mass is 16.5. The van der Waals surface area contributed by atoms with Gasteiger partial charge in [-0.3, -0.25) is 4.79 Å². The van der Waals surface area contributed by atoms with Crippen LogP contribution in [0.3, 0.4) is 0 Å². The van der Waals surface area contributed by atoms with E-state index in [0.29, 0.717) is 12.8 Å². The molecular weight excluding hydrogens is 338 g/mol. The lowest BCUT2D eigenvalue weighted by atomic mass is 10.1. The van der Waals surface area contributed by atoms with Gasteiger partial charge in [-0.15, -0.1) is 0 Å². The number of methoxy groups -OCH3 is 1. The van der Waals surface area contributed by atoms with Crippen LogP contribution in [0, 0.1) is 0 Å². The zero-order valence-corrected chi connectivity index (χ0v) is 16.5. The second kappa shape index (κ2) is 8.91. The van der Waals surface area contributed by atoms with E-state index < -0.39 is 0 Å². The van der Waals surface area contributed by atoms with Crippen molar-refractivity contribution >= 4 is 17.3 Å². The number of anilines is 2. The molecule has 144 valence electrons. The summed E-state index contributed by atoms with van der Waals surface area (Å²) in [5, 5.41) is 0. The molecule has 0 spiro atoms. The van der Waals surface area contributed by atoms with Gasteiger partial charge in [0, 0.05) is 32.6 Å². The van der Waals surface area contributed by atoms with Gasteiger partial charge < -0.3 is 19.4 Å². The molecule has 5 heteroatoms. The maximum absolute atomic E-state index is 13.0. The van der Waals surface area contributed by atoms with Gasteiger partial charge in [-0.1, -0.05) is 30.3 Å². The Bertz CT molecular complexity index is 776. The molecule has 0 atom stereocenters. The number of hydrogen-bond acceptors (Lipinski definition) is 4. The summed E-state index contributed by atoms with van der Waals surface area (Å²) < 4.78 is 5.40. The lowest BCUT2D eigenvalue weighted by Gasteiger charge is -2.38. The lowest BCUT2D eigenvalue weighted by molar-refractivity contribution is -0.118. The summed E-state index contributed by atoms with van der Waals surface area (Å²) in [5.41, 5.74) is 3.25. The average molecular weight is 367 g/mol. The number of benzene rings is 2. The van der Waals surface area contributed by atoms with Gasteiger partial charge in [0.1, 0.15) is 5.75 Å². The normalized spacial score (nSPS) is 13.6. The molecule has 0 unspecified atom stereocenters. The van der Waals surface area contributed by atoms with Crippen molar-refractivity contribution in [2.45, 2.75) is 12.8 Å². The maximum Gasteiger partial charge on any atom is 0.227 e. The first-order valence-corrected chi connectivity index (χ1v) is 9.51.